The summed E-state index contributed by atoms with van der Waals surface area (Å²) in [6.07, 6.45) is 6.59. The van der Waals surface area contributed by atoms with Crippen molar-refractivity contribution in [3.05, 3.63) is 45.9 Å². The number of hydrogen-bond acceptors (Lipinski definition) is 5. The number of nitrogens with zero attached hydrogens (tertiary/aromatic N) is 2. The molecular formula is C21H25N3O2S2. The maximum absolute atomic E-state index is 13.1. The molecule has 148 valence electrons. The first-order valence-corrected chi connectivity index (χ1v) is 11.9. The molecule has 1 aromatic carbocycles. The molecule has 0 radical (unpaired) electrons. The number of hydrogen-bond donors (Lipinski definition) is 1. The summed E-state index contributed by atoms with van der Waals surface area (Å²) >= 11 is 2.93. The van der Waals surface area contributed by atoms with Crippen LogP contribution in [0.1, 0.15) is 43.4 Å². The smallest absolute Gasteiger partial charge is 0.272 e. The Morgan fingerprint density at radius 3 is 2.75 bits per heavy atom. The minimum atomic E-state index is -0.0217. The van der Waals surface area contributed by atoms with Gasteiger partial charge in [0.2, 0.25) is 5.91 Å². The largest absolute Gasteiger partial charge is 0.353 e. The molecule has 1 aromatic heterocycles. The number of carbonyl (C=O) groups excluding carboxylic acids is 1. The molecule has 28 heavy (non-hydrogen) atoms. The third-order valence-corrected chi connectivity index (χ3v) is 7.31. The van der Waals surface area contributed by atoms with Gasteiger partial charge in [-0.2, -0.15) is 0 Å². The summed E-state index contributed by atoms with van der Waals surface area (Å²) < 4.78 is 1.66. The molecule has 0 spiro atoms. The molecule has 1 aliphatic carbocycles. The van der Waals surface area contributed by atoms with E-state index < -0.39 is 0 Å². The predicted octanol–water partition coefficient (Wildman–Crippen LogP) is 3.73. The number of aromatic nitrogens is 2. The molecule has 0 bridgehead atoms. The lowest BCUT2D eigenvalue weighted by molar-refractivity contribution is -0.119. The van der Waals surface area contributed by atoms with E-state index in [0.29, 0.717) is 11.2 Å². The molecule has 1 N–H and O–H groups in total. The molecule has 0 atom stereocenters. The topological polar surface area (TPSA) is 64.0 Å². The average Bonchev–Trinajstić information content (AvgIpc) is 3.17. The number of amides is 1. The fraction of sp³-hybridized carbons (Fsp3) is 0.476. The van der Waals surface area contributed by atoms with E-state index in [4.69, 9.17) is 4.98 Å². The summed E-state index contributed by atoms with van der Waals surface area (Å²) in [5.41, 5.74) is 2.79. The van der Waals surface area contributed by atoms with Crippen molar-refractivity contribution in [1.82, 2.24) is 14.9 Å². The van der Waals surface area contributed by atoms with E-state index in [1.807, 2.05) is 31.2 Å². The first-order valence-electron chi connectivity index (χ1n) is 9.90. The van der Waals surface area contributed by atoms with Gasteiger partial charge in [0.25, 0.3) is 5.56 Å². The lowest BCUT2D eigenvalue weighted by Gasteiger charge is -2.22. The fourth-order valence-electron chi connectivity index (χ4n) is 3.76. The van der Waals surface area contributed by atoms with Gasteiger partial charge in [-0.1, -0.05) is 48.7 Å². The number of aryl methyl sites for hydroxylation is 2. The third kappa shape index (κ3) is 4.30. The van der Waals surface area contributed by atoms with Gasteiger partial charge < -0.3 is 5.32 Å². The van der Waals surface area contributed by atoms with Gasteiger partial charge >= 0.3 is 0 Å². The van der Waals surface area contributed by atoms with Crippen LogP contribution >= 0.6 is 23.5 Å². The second-order valence-corrected chi connectivity index (χ2v) is 9.48. The monoisotopic (exact) mass is 415 g/mol. The van der Waals surface area contributed by atoms with Crippen LogP contribution in [0, 0.1) is 6.92 Å². The summed E-state index contributed by atoms with van der Waals surface area (Å²) in [5, 5.41) is 3.75. The van der Waals surface area contributed by atoms with Gasteiger partial charge in [0.1, 0.15) is 0 Å². The van der Waals surface area contributed by atoms with Gasteiger partial charge in [-0.15, -0.1) is 11.8 Å². The fourth-order valence-corrected chi connectivity index (χ4v) is 5.62. The summed E-state index contributed by atoms with van der Waals surface area (Å²) in [6, 6.07) is 8.16. The van der Waals surface area contributed by atoms with Crippen molar-refractivity contribution in [2.24, 2.45) is 0 Å². The zero-order valence-corrected chi connectivity index (χ0v) is 17.7. The number of carbonyl (C=O) groups is 1. The highest BCUT2D eigenvalue weighted by Gasteiger charge is 2.23. The number of benzene rings is 1. The summed E-state index contributed by atoms with van der Waals surface area (Å²) in [6.45, 7) is 2.02. The van der Waals surface area contributed by atoms with Gasteiger partial charge in [0.15, 0.2) is 5.16 Å². The van der Waals surface area contributed by atoms with Crippen molar-refractivity contribution >= 4 is 29.4 Å². The van der Waals surface area contributed by atoms with Crippen molar-refractivity contribution in [2.75, 3.05) is 11.5 Å². The standard InChI is InChI=1S/C21H25N3O2S2/c1-14-7-9-16(10-8-14)24-20(26)19-17(11-12-27-19)23-21(24)28-13-18(25)22-15-5-3-2-4-6-15/h7-10,15H,2-6,11-13H2,1H3,(H,22,25). The number of fused-ring (bicyclic) bond motifs is 1. The summed E-state index contributed by atoms with van der Waals surface area (Å²) in [4.78, 5) is 31.1. The molecule has 2 aliphatic rings. The molecular weight excluding hydrogens is 390 g/mol. The van der Waals surface area contributed by atoms with Gasteiger partial charge in [0, 0.05) is 18.2 Å². The van der Waals surface area contributed by atoms with E-state index in [9.17, 15) is 9.59 Å². The molecule has 1 fully saturated rings. The van der Waals surface area contributed by atoms with E-state index in [0.717, 1.165) is 46.9 Å². The van der Waals surface area contributed by atoms with Crippen molar-refractivity contribution in [3.63, 3.8) is 0 Å². The second-order valence-electron chi connectivity index (χ2n) is 7.44. The van der Waals surface area contributed by atoms with E-state index in [1.165, 1.54) is 31.0 Å². The van der Waals surface area contributed by atoms with Crippen LogP contribution in [-0.4, -0.2) is 33.0 Å². The highest BCUT2D eigenvalue weighted by Crippen LogP contribution is 2.30. The zero-order valence-electron chi connectivity index (χ0n) is 16.1. The van der Waals surface area contributed by atoms with Crippen LogP contribution in [-0.2, 0) is 11.2 Å². The minimum absolute atomic E-state index is 0.0217. The molecule has 1 amide bonds. The molecule has 0 unspecified atom stereocenters. The van der Waals surface area contributed by atoms with E-state index in [2.05, 4.69) is 5.32 Å². The average molecular weight is 416 g/mol. The highest BCUT2D eigenvalue weighted by molar-refractivity contribution is 8.00. The van der Waals surface area contributed by atoms with Crippen LogP contribution < -0.4 is 10.9 Å². The lowest BCUT2D eigenvalue weighted by atomic mass is 9.95. The van der Waals surface area contributed by atoms with Crippen molar-refractivity contribution < 1.29 is 4.79 Å². The Morgan fingerprint density at radius 1 is 1.25 bits per heavy atom. The van der Waals surface area contributed by atoms with E-state index in [1.54, 1.807) is 16.3 Å². The third-order valence-electron chi connectivity index (χ3n) is 5.26. The number of thioether (sulfide) groups is 2. The molecule has 2 aromatic rings. The van der Waals surface area contributed by atoms with Crippen LogP contribution in [0.25, 0.3) is 5.69 Å². The molecule has 1 saturated carbocycles. The van der Waals surface area contributed by atoms with Gasteiger partial charge in [0.05, 0.1) is 22.0 Å². The lowest BCUT2D eigenvalue weighted by Crippen LogP contribution is -2.37. The van der Waals surface area contributed by atoms with Crippen molar-refractivity contribution in [2.45, 2.75) is 61.5 Å². The maximum atomic E-state index is 13.1. The Kier molecular flexibility index (Phi) is 6.11. The van der Waals surface area contributed by atoms with Crippen LogP contribution in [0.3, 0.4) is 0 Å². The summed E-state index contributed by atoms with van der Waals surface area (Å²) in [7, 11) is 0. The van der Waals surface area contributed by atoms with Gasteiger partial charge in [-0.25, -0.2) is 4.98 Å². The SMILES string of the molecule is Cc1ccc(-n2c(SCC(=O)NC3CCCCC3)nc3c(c2=O)SCC3)cc1. The van der Waals surface area contributed by atoms with Crippen LogP contribution in [0.5, 0.6) is 0 Å². The van der Waals surface area contributed by atoms with Crippen molar-refractivity contribution in [3.8, 4) is 5.69 Å². The second kappa shape index (κ2) is 8.74. The Balaban J connectivity index is 1.57. The molecule has 7 heteroatoms. The minimum Gasteiger partial charge on any atom is -0.353 e. The van der Waals surface area contributed by atoms with Crippen LogP contribution in [0.4, 0.5) is 0 Å². The van der Waals surface area contributed by atoms with Gasteiger partial charge in [-0.3, -0.25) is 14.2 Å². The first kappa shape index (κ1) is 19.6. The highest BCUT2D eigenvalue weighted by atomic mass is 32.2. The van der Waals surface area contributed by atoms with Crippen molar-refractivity contribution in [1.29, 1.82) is 0 Å². The van der Waals surface area contributed by atoms with Crippen LogP contribution in [0.2, 0.25) is 0 Å². The predicted molar refractivity (Wildman–Crippen MR) is 115 cm³/mol. The Hall–Kier alpha value is -1.73. The molecule has 1 aliphatic heterocycles. The molecule has 2 heterocycles. The Bertz CT molecular complexity index is 918. The van der Waals surface area contributed by atoms with Gasteiger partial charge in [-0.05, 0) is 31.9 Å². The number of nitrogens with one attached hydrogen (secondary N) is 1. The first-order chi connectivity index (χ1) is 13.6. The molecule has 4 rings (SSSR count). The normalized spacial score (nSPS) is 16.8. The van der Waals surface area contributed by atoms with Crippen LogP contribution in [0.15, 0.2) is 39.1 Å². The molecule has 5 nitrogen and oxygen atoms in total. The Morgan fingerprint density at radius 2 is 2.00 bits per heavy atom. The van der Waals surface area contributed by atoms with E-state index in [-0.39, 0.29) is 17.2 Å². The summed E-state index contributed by atoms with van der Waals surface area (Å²) in [5.74, 6) is 1.19. The number of rotatable bonds is 5. The maximum Gasteiger partial charge on any atom is 0.272 e. The zero-order chi connectivity index (χ0) is 19.5. The quantitative estimate of drug-likeness (QED) is 0.595. The molecule has 0 saturated heterocycles. The van der Waals surface area contributed by atoms with E-state index >= 15 is 0 Å². The Labute approximate surface area is 173 Å².